The third-order valence-corrected chi connectivity index (χ3v) is 4.30. The van der Waals surface area contributed by atoms with Crippen molar-refractivity contribution in [1.82, 2.24) is 25.1 Å². The zero-order valence-electron chi connectivity index (χ0n) is 14.5. The molecule has 8 heteroatoms. The van der Waals surface area contributed by atoms with Crippen LogP contribution in [0.3, 0.4) is 0 Å². The Morgan fingerprint density at radius 3 is 2.79 bits per heavy atom. The van der Waals surface area contributed by atoms with Gasteiger partial charge in [0, 0.05) is 26.6 Å². The Balaban J connectivity index is 1.70. The zero-order valence-corrected chi connectivity index (χ0v) is 14.5. The summed E-state index contributed by atoms with van der Waals surface area (Å²) in [5.41, 5.74) is 0.373. The average molecular weight is 333 g/mol. The summed E-state index contributed by atoms with van der Waals surface area (Å²) in [5.74, 6) is 2.60. The maximum atomic E-state index is 12.6. The molecule has 8 nitrogen and oxygen atoms in total. The van der Waals surface area contributed by atoms with Crippen molar-refractivity contribution in [2.24, 2.45) is 0 Å². The number of carbonyl (C=O) groups is 1. The van der Waals surface area contributed by atoms with Crippen LogP contribution in [-0.2, 0) is 11.2 Å². The van der Waals surface area contributed by atoms with Gasteiger partial charge >= 0.3 is 0 Å². The van der Waals surface area contributed by atoms with Gasteiger partial charge < -0.3 is 14.1 Å². The van der Waals surface area contributed by atoms with E-state index in [-0.39, 0.29) is 17.9 Å². The van der Waals surface area contributed by atoms with Gasteiger partial charge in [0.25, 0.3) is 5.91 Å². The lowest BCUT2D eigenvalue weighted by Gasteiger charge is -2.23. The van der Waals surface area contributed by atoms with Crippen LogP contribution in [0.25, 0.3) is 0 Å². The van der Waals surface area contributed by atoms with Crippen LogP contribution in [0.15, 0.2) is 4.42 Å². The van der Waals surface area contributed by atoms with Crippen molar-refractivity contribution in [2.45, 2.75) is 45.6 Å². The summed E-state index contributed by atoms with van der Waals surface area (Å²) >= 11 is 0. The molecular weight excluding hydrogens is 310 g/mol. The predicted octanol–water partition coefficient (Wildman–Crippen LogP) is 1.62. The monoisotopic (exact) mass is 333 g/mol. The summed E-state index contributed by atoms with van der Waals surface area (Å²) in [6.07, 6.45) is 1.40. The number of hydrogen-bond donors (Lipinski definition) is 1. The molecule has 130 valence electrons. The van der Waals surface area contributed by atoms with Crippen molar-refractivity contribution in [3.05, 3.63) is 29.0 Å². The van der Waals surface area contributed by atoms with Crippen molar-refractivity contribution >= 4 is 5.91 Å². The van der Waals surface area contributed by atoms with Crippen LogP contribution in [-0.4, -0.2) is 57.3 Å². The minimum atomic E-state index is -0.156. The molecule has 0 saturated carbocycles. The van der Waals surface area contributed by atoms with Gasteiger partial charge in [0.15, 0.2) is 17.4 Å². The minimum absolute atomic E-state index is 0.0924. The number of aryl methyl sites for hydroxylation is 3. The van der Waals surface area contributed by atoms with Gasteiger partial charge in [-0.25, -0.2) is 9.97 Å². The lowest BCUT2D eigenvalue weighted by Crippen LogP contribution is -2.36. The van der Waals surface area contributed by atoms with Gasteiger partial charge in [-0.2, -0.15) is 5.10 Å². The third kappa shape index (κ3) is 3.19. The molecule has 2 atom stereocenters. The Kier molecular flexibility index (Phi) is 4.66. The molecule has 0 aromatic carbocycles. The van der Waals surface area contributed by atoms with Crippen LogP contribution in [0.4, 0.5) is 0 Å². The van der Waals surface area contributed by atoms with E-state index in [9.17, 15) is 4.79 Å². The largest absolute Gasteiger partial charge is 0.445 e. The number of H-pyrrole nitrogens is 1. The molecule has 0 aliphatic carbocycles. The summed E-state index contributed by atoms with van der Waals surface area (Å²) in [5, 5.41) is 7.10. The number of nitrogens with one attached hydrogen (secondary N) is 1. The highest BCUT2D eigenvalue weighted by molar-refractivity contribution is 5.93. The van der Waals surface area contributed by atoms with Gasteiger partial charge in [-0.05, 0) is 20.3 Å². The molecule has 0 radical (unpaired) electrons. The molecule has 24 heavy (non-hydrogen) atoms. The molecule has 0 bridgehead atoms. The molecule has 1 N–H and O–H groups in total. The predicted molar refractivity (Wildman–Crippen MR) is 85.8 cm³/mol. The fourth-order valence-corrected chi connectivity index (χ4v) is 2.98. The summed E-state index contributed by atoms with van der Waals surface area (Å²) < 4.78 is 11.3. The normalized spacial score (nSPS) is 20.5. The standard InChI is InChI=1S/C16H23N5O3/c1-5-13-18-14(9(2)24-13)16(22)21(4)8-12-11(6-7-23-12)15-17-10(3)19-20-15/h11-12H,5-8H2,1-4H3,(H,17,19,20)/t11-,12-/m1/s1. The quantitative estimate of drug-likeness (QED) is 0.893. The average Bonchev–Trinajstić information content (AvgIpc) is 3.26. The van der Waals surface area contributed by atoms with Crippen LogP contribution < -0.4 is 0 Å². The van der Waals surface area contributed by atoms with Crippen molar-refractivity contribution in [1.29, 1.82) is 0 Å². The highest BCUT2D eigenvalue weighted by Gasteiger charge is 2.34. The zero-order chi connectivity index (χ0) is 17.3. The van der Waals surface area contributed by atoms with E-state index in [0.29, 0.717) is 36.9 Å². The highest BCUT2D eigenvalue weighted by atomic mass is 16.5. The highest BCUT2D eigenvalue weighted by Crippen LogP contribution is 2.29. The van der Waals surface area contributed by atoms with Crippen molar-refractivity contribution in [2.75, 3.05) is 20.2 Å². The molecule has 1 fully saturated rings. The van der Waals surface area contributed by atoms with Crippen LogP contribution in [0.5, 0.6) is 0 Å². The molecule has 2 aromatic heterocycles. The van der Waals surface area contributed by atoms with E-state index in [1.807, 2.05) is 13.8 Å². The third-order valence-electron chi connectivity index (χ3n) is 4.30. The van der Waals surface area contributed by atoms with Crippen molar-refractivity contribution in [3.63, 3.8) is 0 Å². The van der Waals surface area contributed by atoms with E-state index in [4.69, 9.17) is 9.15 Å². The summed E-state index contributed by atoms with van der Waals surface area (Å²) in [7, 11) is 1.75. The van der Waals surface area contributed by atoms with Gasteiger partial charge in [-0.3, -0.25) is 9.89 Å². The topological polar surface area (TPSA) is 97.1 Å². The number of aromatic amines is 1. The number of hydrogen-bond acceptors (Lipinski definition) is 6. The smallest absolute Gasteiger partial charge is 0.275 e. The first-order chi connectivity index (χ1) is 11.5. The van der Waals surface area contributed by atoms with E-state index in [1.54, 1.807) is 18.9 Å². The van der Waals surface area contributed by atoms with E-state index < -0.39 is 0 Å². The molecule has 1 amide bonds. The fraction of sp³-hybridized carbons (Fsp3) is 0.625. The van der Waals surface area contributed by atoms with E-state index in [0.717, 1.165) is 18.1 Å². The van der Waals surface area contributed by atoms with Crippen LogP contribution in [0.2, 0.25) is 0 Å². The van der Waals surface area contributed by atoms with Crippen molar-refractivity contribution < 1.29 is 13.9 Å². The first-order valence-electron chi connectivity index (χ1n) is 8.21. The Labute approximate surface area is 140 Å². The van der Waals surface area contributed by atoms with Crippen LogP contribution in [0, 0.1) is 13.8 Å². The van der Waals surface area contributed by atoms with Crippen LogP contribution >= 0.6 is 0 Å². The number of oxazole rings is 1. The van der Waals surface area contributed by atoms with E-state index in [2.05, 4.69) is 20.2 Å². The lowest BCUT2D eigenvalue weighted by atomic mass is 10.0. The maximum absolute atomic E-state index is 12.6. The Hall–Kier alpha value is -2.22. The number of ether oxygens (including phenoxy) is 1. The lowest BCUT2D eigenvalue weighted by molar-refractivity contribution is 0.0545. The molecule has 3 rings (SSSR count). The first kappa shape index (κ1) is 16.6. The number of carbonyl (C=O) groups excluding carboxylic acids is 1. The molecule has 3 heterocycles. The Morgan fingerprint density at radius 1 is 1.38 bits per heavy atom. The van der Waals surface area contributed by atoms with Crippen molar-refractivity contribution in [3.8, 4) is 0 Å². The van der Waals surface area contributed by atoms with Gasteiger partial charge in [0.2, 0.25) is 0 Å². The van der Waals surface area contributed by atoms with Crippen LogP contribution in [0.1, 0.15) is 53.1 Å². The Bertz CT molecular complexity index is 723. The summed E-state index contributed by atoms with van der Waals surface area (Å²) in [4.78, 5) is 23.0. The van der Waals surface area contributed by atoms with Gasteiger partial charge in [0.05, 0.1) is 12.0 Å². The minimum Gasteiger partial charge on any atom is -0.445 e. The molecule has 1 aliphatic rings. The number of likely N-dealkylation sites (N-methyl/N-ethyl adjacent to an activating group) is 1. The number of rotatable bonds is 5. The number of aromatic nitrogens is 4. The second-order valence-electron chi connectivity index (χ2n) is 6.14. The molecule has 2 aromatic rings. The molecule has 0 spiro atoms. The second kappa shape index (κ2) is 6.72. The fourth-order valence-electron chi connectivity index (χ4n) is 2.98. The molecule has 1 saturated heterocycles. The molecule has 0 unspecified atom stereocenters. The van der Waals surface area contributed by atoms with E-state index in [1.165, 1.54) is 0 Å². The number of nitrogens with zero attached hydrogens (tertiary/aromatic N) is 4. The summed E-state index contributed by atoms with van der Waals surface area (Å²) in [6.45, 7) is 6.69. The van der Waals surface area contributed by atoms with Gasteiger partial charge in [-0.1, -0.05) is 6.92 Å². The first-order valence-corrected chi connectivity index (χ1v) is 8.21. The van der Waals surface area contributed by atoms with Gasteiger partial charge in [0.1, 0.15) is 11.6 Å². The second-order valence-corrected chi connectivity index (χ2v) is 6.14. The number of amides is 1. The van der Waals surface area contributed by atoms with Gasteiger partial charge in [-0.15, -0.1) is 0 Å². The maximum Gasteiger partial charge on any atom is 0.275 e. The molecule has 1 aliphatic heterocycles. The van der Waals surface area contributed by atoms with E-state index >= 15 is 0 Å². The SMILES string of the molecule is CCc1nc(C(=O)N(C)C[C@H]2OCC[C@H]2c2n[nH]c(C)n2)c(C)o1. The summed E-state index contributed by atoms with van der Waals surface area (Å²) in [6, 6.07) is 0. The molecular formula is C16H23N5O3. The Morgan fingerprint density at radius 2 is 2.17 bits per heavy atom.